The van der Waals surface area contributed by atoms with E-state index in [1.54, 1.807) is 23.1 Å². The maximum atomic E-state index is 12.8. The molecule has 0 aliphatic carbocycles. The summed E-state index contributed by atoms with van der Waals surface area (Å²) in [4.78, 5) is 25.9. The van der Waals surface area contributed by atoms with Crippen LogP contribution in [0.25, 0.3) is 0 Å². The summed E-state index contributed by atoms with van der Waals surface area (Å²) in [7, 11) is -1.63. The van der Waals surface area contributed by atoms with Gasteiger partial charge in [-0.25, -0.2) is 8.42 Å². The van der Waals surface area contributed by atoms with Crippen molar-refractivity contribution in [3.8, 4) is 11.5 Å². The van der Waals surface area contributed by atoms with Gasteiger partial charge < -0.3 is 14.4 Å². The fraction of sp³-hybridized carbons (Fsp3) is 0.579. The molecule has 0 unspecified atom stereocenters. The molecule has 1 aliphatic heterocycles. The van der Waals surface area contributed by atoms with Crippen molar-refractivity contribution in [2.24, 2.45) is 0 Å². The van der Waals surface area contributed by atoms with Crippen molar-refractivity contribution in [2.75, 3.05) is 25.2 Å². The molecule has 27 heavy (non-hydrogen) atoms. The van der Waals surface area contributed by atoms with Crippen molar-refractivity contribution in [3.05, 3.63) is 23.8 Å². The number of amides is 1. The lowest BCUT2D eigenvalue weighted by molar-refractivity contribution is -0.137. The van der Waals surface area contributed by atoms with Crippen molar-refractivity contribution >= 4 is 21.5 Å². The molecule has 1 aromatic rings. The van der Waals surface area contributed by atoms with Crippen LogP contribution in [0.2, 0.25) is 0 Å². The number of hydrogen-bond donors (Lipinski definition) is 0. The van der Waals surface area contributed by atoms with Gasteiger partial charge in [0, 0.05) is 17.6 Å². The first-order valence-electron chi connectivity index (χ1n) is 9.01. The molecular weight excluding hydrogens is 370 g/mol. The fourth-order valence-corrected chi connectivity index (χ4v) is 4.93. The molecule has 1 aliphatic rings. The SMILES string of the molecule is CC[C@H](C)N(C(=O)COc1ccc(C(C)=O)cc1OC)[C@H]1CCS(=O)(=O)C1. The molecule has 0 saturated carbocycles. The number of ether oxygens (including phenoxy) is 2. The minimum absolute atomic E-state index is 0.000288. The third kappa shape index (κ3) is 5.22. The third-order valence-corrected chi connectivity index (χ3v) is 6.63. The molecule has 2 atom stereocenters. The average molecular weight is 397 g/mol. The second kappa shape index (κ2) is 8.73. The first kappa shape index (κ1) is 21.2. The molecule has 1 saturated heterocycles. The standard InChI is InChI=1S/C19H27NO6S/c1-5-13(2)20(16-8-9-27(23,24)12-16)19(22)11-26-17-7-6-15(14(3)21)10-18(17)25-4/h6-7,10,13,16H,5,8-9,11-12H2,1-4H3/t13-,16-/m0/s1. The van der Waals surface area contributed by atoms with E-state index in [0.29, 0.717) is 23.5 Å². The number of nitrogens with zero attached hydrogens (tertiary/aromatic N) is 1. The van der Waals surface area contributed by atoms with E-state index in [1.807, 2.05) is 13.8 Å². The zero-order valence-corrected chi connectivity index (χ0v) is 17.0. The van der Waals surface area contributed by atoms with E-state index in [0.717, 1.165) is 6.42 Å². The number of methoxy groups -OCH3 is 1. The van der Waals surface area contributed by atoms with Gasteiger partial charge in [-0.3, -0.25) is 9.59 Å². The molecule has 1 amide bonds. The Morgan fingerprint density at radius 1 is 1.30 bits per heavy atom. The molecule has 1 aromatic carbocycles. The van der Waals surface area contributed by atoms with Gasteiger partial charge in [-0.15, -0.1) is 0 Å². The lowest BCUT2D eigenvalue weighted by Gasteiger charge is -2.33. The van der Waals surface area contributed by atoms with Crippen LogP contribution >= 0.6 is 0 Å². The Kier molecular flexibility index (Phi) is 6.86. The molecule has 0 bridgehead atoms. The highest BCUT2D eigenvalue weighted by Crippen LogP contribution is 2.29. The summed E-state index contributed by atoms with van der Waals surface area (Å²) in [6.45, 7) is 5.10. The van der Waals surface area contributed by atoms with Gasteiger partial charge in [0.25, 0.3) is 5.91 Å². The van der Waals surface area contributed by atoms with Gasteiger partial charge in [-0.2, -0.15) is 0 Å². The predicted octanol–water partition coefficient (Wildman–Crippen LogP) is 2.09. The van der Waals surface area contributed by atoms with Crippen molar-refractivity contribution < 1.29 is 27.5 Å². The van der Waals surface area contributed by atoms with Gasteiger partial charge >= 0.3 is 0 Å². The molecule has 0 spiro atoms. The highest BCUT2D eigenvalue weighted by Gasteiger charge is 2.36. The highest BCUT2D eigenvalue weighted by molar-refractivity contribution is 7.91. The van der Waals surface area contributed by atoms with Crippen LogP contribution in [0.1, 0.15) is 44.0 Å². The van der Waals surface area contributed by atoms with Crippen LogP contribution in [0.4, 0.5) is 0 Å². The van der Waals surface area contributed by atoms with Gasteiger partial charge in [0.1, 0.15) is 0 Å². The van der Waals surface area contributed by atoms with Crippen LogP contribution in [0, 0.1) is 0 Å². The Balaban J connectivity index is 2.13. The maximum Gasteiger partial charge on any atom is 0.261 e. The number of carbonyl (C=O) groups excluding carboxylic acids is 2. The number of ketones is 1. The quantitative estimate of drug-likeness (QED) is 0.624. The lowest BCUT2D eigenvalue weighted by Crippen LogP contribution is -2.48. The Bertz CT molecular complexity index is 804. The summed E-state index contributed by atoms with van der Waals surface area (Å²) in [5.41, 5.74) is 0.489. The van der Waals surface area contributed by atoms with Crippen LogP contribution in [-0.2, 0) is 14.6 Å². The van der Waals surface area contributed by atoms with Crippen LogP contribution in [-0.4, -0.2) is 62.3 Å². The molecule has 8 heteroatoms. The minimum Gasteiger partial charge on any atom is -0.493 e. The average Bonchev–Trinajstić information content (AvgIpc) is 2.98. The molecule has 0 radical (unpaired) electrons. The van der Waals surface area contributed by atoms with Gasteiger partial charge in [0.05, 0.1) is 18.6 Å². The fourth-order valence-electron chi connectivity index (χ4n) is 3.22. The van der Waals surface area contributed by atoms with Crippen molar-refractivity contribution in [1.29, 1.82) is 0 Å². The van der Waals surface area contributed by atoms with E-state index in [9.17, 15) is 18.0 Å². The second-order valence-corrected chi connectivity index (χ2v) is 9.05. The monoisotopic (exact) mass is 397 g/mol. The molecular formula is C19H27NO6S. The van der Waals surface area contributed by atoms with Gasteiger partial charge in [0.15, 0.2) is 33.7 Å². The number of rotatable bonds is 8. The van der Waals surface area contributed by atoms with Crippen molar-refractivity contribution in [1.82, 2.24) is 4.90 Å². The summed E-state index contributed by atoms with van der Waals surface area (Å²) in [5.74, 6) is 0.484. The Morgan fingerprint density at radius 3 is 2.52 bits per heavy atom. The summed E-state index contributed by atoms with van der Waals surface area (Å²) < 4.78 is 34.5. The third-order valence-electron chi connectivity index (χ3n) is 4.88. The van der Waals surface area contributed by atoms with Gasteiger partial charge in [-0.1, -0.05) is 6.92 Å². The van der Waals surface area contributed by atoms with Crippen LogP contribution < -0.4 is 9.47 Å². The largest absolute Gasteiger partial charge is 0.493 e. The summed E-state index contributed by atoms with van der Waals surface area (Å²) in [6.07, 6.45) is 1.17. The Hall–Kier alpha value is -2.09. The Morgan fingerprint density at radius 2 is 2.00 bits per heavy atom. The minimum atomic E-state index is -3.09. The van der Waals surface area contributed by atoms with Crippen molar-refractivity contribution in [3.63, 3.8) is 0 Å². The topological polar surface area (TPSA) is 90.0 Å². The van der Waals surface area contributed by atoms with E-state index in [4.69, 9.17) is 9.47 Å². The van der Waals surface area contributed by atoms with E-state index in [-0.39, 0.29) is 41.9 Å². The van der Waals surface area contributed by atoms with Crippen LogP contribution in [0.3, 0.4) is 0 Å². The molecule has 0 aromatic heterocycles. The predicted molar refractivity (Wildman–Crippen MR) is 102 cm³/mol. The lowest BCUT2D eigenvalue weighted by atomic mass is 10.1. The van der Waals surface area contributed by atoms with Crippen LogP contribution in [0.5, 0.6) is 11.5 Å². The second-order valence-electron chi connectivity index (χ2n) is 6.83. The normalized spacial score (nSPS) is 19.3. The molecule has 2 rings (SSSR count). The number of Topliss-reactive ketones (excluding diaryl/α,β-unsaturated/α-hetero) is 1. The number of carbonyl (C=O) groups is 2. The highest BCUT2D eigenvalue weighted by atomic mass is 32.2. The Labute approximate surface area is 160 Å². The summed E-state index contributed by atoms with van der Waals surface area (Å²) >= 11 is 0. The first-order chi connectivity index (χ1) is 12.7. The van der Waals surface area contributed by atoms with E-state index >= 15 is 0 Å². The van der Waals surface area contributed by atoms with Crippen molar-refractivity contribution in [2.45, 2.75) is 45.7 Å². The summed E-state index contributed by atoms with van der Waals surface area (Å²) in [5, 5.41) is 0. The molecule has 0 N–H and O–H groups in total. The maximum absolute atomic E-state index is 12.8. The zero-order valence-electron chi connectivity index (χ0n) is 16.2. The van der Waals surface area contributed by atoms with E-state index in [1.165, 1.54) is 14.0 Å². The van der Waals surface area contributed by atoms with Gasteiger partial charge in [-0.05, 0) is 44.9 Å². The molecule has 1 fully saturated rings. The number of benzene rings is 1. The van der Waals surface area contributed by atoms with E-state index in [2.05, 4.69) is 0 Å². The molecule has 1 heterocycles. The smallest absolute Gasteiger partial charge is 0.261 e. The zero-order chi connectivity index (χ0) is 20.2. The molecule has 7 nitrogen and oxygen atoms in total. The summed E-state index contributed by atoms with van der Waals surface area (Å²) in [6, 6.07) is 4.37. The first-order valence-corrected chi connectivity index (χ1v) is 10.8. The van der Waals surface area contributed by atoms with Crippen LogP contribution in [0.15, 0.2) is 18.2 Å². The molecule has 150 valence electrons. The number of sulfone groups is 1. The van der Waals surface area contributed by atoms with Gasteiger partial charge in [0.2, 0.25) is 0 Å². The van der Waals surface area contributed by atoms with E-state index < -0.39 is 9.84 Å². The number of hydrogen-bond acceptors (Lipinski definition) is 6.